The number of hydrogen-bond acceptors (Lipinski definition) is 3. The molecular weight excluding hydrogens is 335 g/mol. The molecule has 0 fully saturated rings. The van der Waals surface area contributed by atoms with Crippen LogP contribution in [0.3, 0.4) is 0 Å². The summed E-state index contributed by atoms with van der Waals surface area (Å²) in [5.74, 6) is 1.40. The fraction of sp³-hybridized carbons (Fsp3) is 0.588. The van der Waals surface area contributed by atoms with Crippen LogP contribution < -0.4 is 15.4 Å². The molecule has 0 bridgehead atoms. The molecule has 0 aliphatic heterocycles. The van der Waals surface area contributed by atoms with Crippen molar-refractivity contribution < 1.29 is 22.6 Å². The number of rotatable bonds is 10. The van der Waals surface area contributed by atoms with E-state index >= 15 is 0 Å². The van der Waals surface area contributed by atoms with Crippen LogP contribution in [0.25, 0.3) is 0 Å². The van der Waals surface area contributed by atoms with E-state index in [4.69, 9.17) is 4.74 Å². The number of nitrogens with one attached hydrogen (secondary N) is 2. The molecule has 1 aromatic rings. The van der Waals surface area contributed by atoms with E-state index in [1.807, 2.05) is 38.1 Å². The maximum absolute atomic E-state index is 11.9. The highest BCUT2D eigenvalue weighted by atomic mass is 19.4. The van der Waals surface area contributed by atoms with Crippen LogP contribution >= 0.6 is 0 Å². The number of aryl methyl sites for hydroxylation is 1. The van der Waals surface area contributed by atoms with Crippen molar-refractivity contribution in [3.05, 3.63) is 29.8 Å². The molecule has 5 nitrogen and oxygen atoms in total. The zero-order valence-electron chi connectivity index (χ0n) is 14.7. The van der Waals surface area contributed by atoms with Crippen molar-refractivity contribution in [2.45, 2.75) is 26.4 Å². The average Bonchev–Trinajstić information content (AvgIpc) is 2.55. The number of alkyl halides is 3. The van der Waals surface area contributed by atoms with Gasteiger partial charge in [0, 0.05) is 19.7 Å². The van der Waals surface area contributed by atoms with Gasteiger partial charge < -0.3 is 20.1 Å². The number of ether oxygens (including phenoxy) is 2. The Morgan fingerprint density at radius 3 is 2.48 bits per heavy atom. The molecule has 1 aromatic carbocycles. The minimum atomic E-state index is -4.28. The van der Waals surface area contributed by atoms with Gasteiger partial charge in [0.05, 0.1) is 6.54 Å². The lowest BCUT2D eigenvalue weighted by Crippen LogP contribution is -2.39. The van der Waals surface area contributed by atoms with Crippen molar-refractivity contribution in [3.8, 4) is 5.75 Å². The Labute approximate surface area is 146 Å². The maximum atomic E-state index is 11.9. The topological polar surface area (TPSA) is 54.9 Å². The van der Waals surface area contributed by atoms with Crippen LogP contribution in [0.4, 0.5) is 13.2 Å². The lowest BCUT2D eigenvalue weighted by atomic mass is 10.2. The second kappa shape index (κ2) is 11.6. The molecule has 0 amide bonds. The van der Waals surface area contributed by atoms with E-state index in [1.165, 1.54) is 5.56 Å². The van der Waals surface area contributed by atoms with E-state index in [0.717, 1.165) is 5.75 Å². The summed E-state index contributed by atoms with van der Waals surface area (Å²) in [6.45, 7) is 4.86. The van der Waals surface area contributed by atoms with E-state index in [0.29, 0.717) is 38.6 Å². The third-order valence-electron chi connectivity index (χ3n) is 3.01. The quantitative estimate of drug-likeness (QED) is 0.382. The van der Waals surface area contributed by atoms with Crippen LogP contribution in [0.15, 0.2) is 29.3 Å². The lowest BCUT2D eigenvalue weighted by molar-refractivity contribution is -0.173. The Bertz CT molecular complexity index is 505. The molecule has 0 aliphatic carbocycles. The number of guanidine groups is 1. The lowest BCUT2D eigenvalue weighted by Gasteiger charge is -2.12. The largest absolute Gasteiger partial charge is 0.492 e. The normalized spacial score (nSPS) is 12.1. The number of hydrogen-bond donors (Lipinski definition) is 2. The molecule has 2 N–H and O–H groups in total. The highest BCUT2D eigenvalue weighted by Crippen LogP contribution is 2.14. The molecule has 1 rings (SSSR count). The van der Waals surface area contributed by atoms with Crippen LogP contribution in [0.1, 0.15) is 18.9 Å². The van der Waals surface area contributed by atoms with Crippen molar-refractivity contribution in [1.29, 1.82) is 0 Å². The fourth-order valence-electron chi connectivity index (χ4n) is 1.86. The van der Waals surface area contributed by atoms with Crippen molar-refractivity contribution in [2.24, 2.45) is 4.99 Å². The fourth-order valence-corrected chi connectivity index (χ4v) is 1.86. The Kier molecular flexibility index (Phi) is 9.76. The van der Waals surface area contributed by atoms with Crippen molar-refractivity contribution in [3.63, 3.8) is 0 Å². The molecule has 0 unspecified atom stereocenters. The first kappa shape index (κ1) is 21.1. The standard InChI is InChI=1S/C17H26F3N3O2/c1-3-21-16(22-9-4-11-24-13-17(18,19)20)23-10-12-25-15-7-5-14(2)6-8-15/h5-8H,3-4,9-13H2,1-2H3,(H2,21,22,23). The van der Waals surface area contributed by atoms with Gasteiger partial charge >= 0.3 is 6.18 Å². The SMILES string of the molecule is CCNC(=NCCCOCC(F)(F)F)NCCOc1ccc(C)cc1. The Morgan fingerprint density at radius 2 is 1.84 bits per heavy atom. The maximum Gasteiger partial charge on any atom is 0.411 e. The summed E-state index contributed by atoms with van der Waals surface area (Å²) < 4.78 is 45.9. The Balaban J connectivity index is 2.20. The smallest absolute Gasteiger partial charge is 0.411 e. The van der Waals surface area contributed by atoms with Gasteiger partial charge in [-0.3, -0.25) is 4.99 Å². The van der Waals surface area contributed by atoms with E-state index < -0.39 is 12.8 Å². The molecule has 0 heterocycles. The van der Waals surface area contributed by atoms with Gasteiger partial charge in [0.25, 0.3) is 0 Å². The zero-order chi connectivity index (χ0) is 18.5. The predicted molar refractivity (Wildman–Crippen MR) is 92.1 cm³/mol. The van der Waals surface area contributed by atoms with Crippen LogP contribution in [0, 0.1) is 6.92 Å². The third kappa shape index (κ3) is 11.3. The highest BCUT2D eigenvalue weighted by Gasteiger charge is 2.27. The van der Waals surface area contributed by atoms with E-state index in [2.05, 4.69) is 20.4 Å². The van der Waals surface area contributed by atoms with Gasteiger partial charge in [0.1, 0.15) is 19.0 Å². The first-order chi connectivity index (χ1) is 11.9. The van der Waals surface area contributed by atoms with Crippen LogP contribution in [-0.4, -0.2) is 51.6 Å². The van der Waals surface area contributed by atoms with Gasteiger partial charge in [0.2, 0.25) is 0 Å². The summed E-state index contributed by atoms with van der Waals surface area (Å²) in [6.07, 6.45) is -3.86. The number of nitrogens with zero attached hydrogens (tertiary/aromatic N) is 1. The van der Waals surface area contributed by atoms with Crippen molar-refractivity contribution >= 4 is 5.96 Å². The van der Waals surface area contributed by atoms with Gasteiger partial charge in [-0.05, 0) is 32.4 Å². The Hall–Kier alpha value is -1.96. The number of benzene rings is 1. The van der Waals surface area contributed by atoms with Crippen molar-refractivity contribution in [2.75, 3.05) is 39.5 Å². The molecule has 25 heavy (non-hydrogen) atoms. The van der Waals surface area contributed by atoms with E-state index in [-0.39, 0.29) is 6.61 Å². The van der Waals surface area contributed by atoms with Gasteiger partial charge in [-0.2, -0.15) is 13.2 Å². The highest BCUT2D eigenvalue weighted by molar-refractivity contribution is 5.79. The second-order valence-corrected chi connectivity index (χ2v) is 5.37. The first-order valence-electron chi connectivity index (χ1n) is 8.27. The second-order valence-electron chi connectivity index (χ2n) is 5.37. The van der Waals surface area contributed by atoms with Crippen LogP contribution in [0.5, 0.6) is 5.75 Å². The summed E-state index contributed by atoms with van der Waals surface area (Å²) in [5.41, 5.74) is 1.17. The van der Waals surface area contributed by atoms with Crippen LogP contribution in [-0.2, 0) is 4.74 Å². The molecule has 0 radical (unpaired) electrons. The summed E-state index contributed by atoms with van der Waals surface area (Å²) in [4.78, 5) is 4.28. The van der Waals surface area contributed by atoms with Crippen LogP contribution in [0.2, 0.25) is 0 Å². The minimum Gasteiger partial charge on any atom is -0.492 e. The molecule has 0 aliphatic rings. The average molecular weight is 361 g/mol. The molecule has 0 aromatic heterocycles. The summed E-state index contributed by atoms with van der Waals surface area (Å²) in [5, 5.41) is 6.18. The zero-order valence-corrected chi connectivity index (χ0v) is 14.7. The molecule has 0 saturated carbocycles. The molecular formula is C17H26F3N3O2. The first-order valence-corrected chi connectivity index (χ1v) is 8.27. The number of halogens is 3. The molecule has 0 spiro atoms. The third-order valence-corrected chi connectivity index (χ3v) is 3.01. The molecule has 0 atom stereocenters. The molecule has 0 saturated heterocycles. The van der Waals surface area contributed by atoms with Gasteiger partial charge in [-0.15, -0.1) is 0 Å². The van der Waals surface area contributed by atoms with E-state index in [1.54, 1.807) is 0 Å². The minimum absolute atomic E-state index is 0.0267. The monoisotopic (exact) mass is 361 g/mol. The summed E-state index contributed by atoms with van der Waals surface area (Å²) >= 11 is 0. The predicted octanol–water partition coefficient (Wildman–Crippen LogP) is 2.90. The molecule has 142 valence electrons. The Morgan fingerprint density at radius 1 is 1.12 bits per heavy atom. The van der Waals surface area contributed by atoms with Crippen molar-refractivity contribution in [1.82, 2.24) is 10.6 Å². The summed E-state index contributed by atoms with van der Waals surface area (Å²) in [6, 6.07) is 7.79. The van der Waals surface area contributed by atoms with Gasteiger partial charge in [-0.1, -0.05) is 17.7 Å². The summed E-state index contributed by atoms with van der Waals surface area (Å²) in [7, 11) is 0. The molecule has 8 heteroatoms. The van der Waals surface area contributed by atoms with Gasteiger partial charge in [0.15, 0.2) is 5.96 Å². The van der Waals surface area contributed by atoms with Gasteiger partial charge in [-0.25, -0.2) is 0 Å². The van der Waals surface area contributed by atoms with E-state index in [9.17, 15) is 13.2 Å². The number of aliphatic imine (C=N–C) groups is 1.